The average Bonchev–Trinajstić information content (AvgIpc) is 2.28. The second-order valence-electron chi connectivity index (χ2n) is 4.12. The van der Waals surface area contributed by atoms with Crippen LogP contribution in [0.15, 0.2) is 18.2 Å². The molecule has 4 nitrogen and oxygen atoms in total. The van der Waals surface area contributed by atoms with E-state index in [-0.39, 0.29) is 18.3 Å². The van der Waals surface area contributed by atoms with Gasteiger partial charge < -0.3 is 10.5 Å². The van der Waals surface area contributed by atoms with E-state index in [1.54, 1.807) is 0 Å². The Morgan fingerprint density at radius 1 is 1.53 bits per heavy atom. The molecule has 0 bridgehead atoms. The van der Waals surface area contributed by atoms with Crippen molar-refractivity contribution in [2.45, 2.75) is 20.4 Å². The van der Waals surface area contributed by atoms with E-state index in [0.717, 1.165) is 0 Å². The smallest absolute Gasteiger partial charge is 0.411 e. The summed E-state index contributed by atoms with van der Waals surface area (Å²) in [6.07, 6.45) is -0.556. The Morgan fingerprint density at radius 2 is 2.24 bits per heavy atom. The largest absolute Gasteiger partial charge is 0.449 e. The molecule has 0 saturated carbocycles. The third-order valence-corrected chi connectivity index (χ3v) is 2.07. The van der Waals surface area contributed by atoms with Crippen LogP contribution in [-0.4, -0.2) is 12.7 Å². The highest BCUT2D eigenvalue weighted by atomic mass is 19.1. The van der Waals surface area contributed by atoms with Crippen LogP contribution in [0, 0.1) is 11.7 Å². The number of rotatable bonds is 4. The first-order valence-corrected chi connectivity index (χ1v) is 5.45. The maximum atomic E-state index is 12.9. The van der Waals surface area contributed by atoms with Crippen LogP contribution in [0.2, 0.25) is 0 Å². The molecule has 0 aliphatic rings. The fraction of sp³-hybridized carbons (Fsp3) is 0.417. The molecule has 0 spiro atoms. The molecule has 1 amide bonds. The molecule has 1 aromatic rings. The van der Waals surface area contributed by atoms with Crippen LogP contribution in [0.3, 0.4) is 0 Å². The highest BCUT2D eigenvalue weighted by Crippen LogP contribution is 2.16. The van der Waals surface area contributed by atoms with E-state index in [4.69, 9.17) is 10.5 Å². The number of nitrogens with one attached hydrogen (secondary N) is 1. The van der Waals surface area contributed by atoms with Gasteiger partial charge in [0.25, 0.3) is 0 Å². The standard InChI is InChI=1S/C12H17FN2O2/c1-8(2)7-17-12(16)15-11-4-3-10(13)5-9(11)6-14/h3-5,8H,6-7,14H2,1-2H3,(H,15,16). The van der Waals surface area contributed by atoms with Gasteiger partial charge in [-0.15, -0.1) is 0 Å². The van der Waals surface area contributed by atoms with Crippen molar-refractivity contribution in [1.82, 2.24) is 0 Å². The molecule has 0 radical (unpaired) electrons. The molecule has 0 fully saturated rings. The SMILES string of the molecule is CC(C)COC(=O)Nc1ccc(F)cc1CN. The van der Waals surface area contributed by atoms with Crippen molar-refractivity contribution >= 4 is 11.8 Å². The molecule has 3 N–H and O–H groups in total. The second-order valence-corrected chi connectivity index (χ2v) is 4.12. The lowest BCUT2D eigenvalue weighted by molar-refractivity contribution is 0.147. The van der Waals surface area contributed by atoms with Gasteiger partial charge in [-0.05, 0) is 29.7 Å². The molecule has 0 heterocycles. The van der Waals surface area contributed by atoms with Crippen molar-refractivity contribution in [3.8, 4) is 0 Å². The number of ether oxygens (including phenoxy) is 1. The van der Waals surface area contributed by atoms with Gasteiger partial charge in [-0.25, -0.2) is 9.18 Å². The van der Waals surface area contributed by atoms with E-state index in [9.17, 15) is 9.18 Å². The quantitative estimate of drug-likeness (QED) is 0.849. The lowest BCUT2D eigenvalue weighted by Crippen LogP contribution is -2.18. The Kier molecular flexibility index (Phi) is 4.90. The van der Waals surface area contributed by atoms with Crippen LogP contribution in [-0.2, 0) is 11.3 Å². The van der Waals surface area contributed by atoms with Gasteiger partial charge >= 0.3 is 6.09 Å². The second kappa shape index (κ2) is 6.20. The predicted octanol–water partition coefficient (Wildman–Crippen LogP) is 2.49. The topological polar surface area (TPSA) is 64.3 Å². The van der Waals surface area contributed by atoms with Gasteiger partial charge in [0.15, 0.2) is 0 Å². The summed E-state index contributed by atoms with van der Waals surface area (Å²) in [5.74, 6) is -0.116. The normalized spacial score (nSPS) is 10.4. The zero-order valence-electron chi connectivity index (χ0n) is 10.00. The van der Waals surface area contributed by atoms with Gasteiger partial charge in [0.2, 0.25) is 0 Å². The van der Waals surface area contributed by atoms with E-state index in [1.165, 1.54) is 18.2 Å². The number of anilines is 1. The minimum absolute atomic E-state index is 0.150. The third kappa shape index (κ3) is 4.40. The maximum absolute atomic E-state index is 12.9. The number of halogens is 1. The monoisotopic (exact) mass is 240 g/mol. The van der Waals surface area contributed by atoms with Gasteiger partial charge in [0.1, 0.15) is 5.82 Å². The number of carbonyl (C=O) groups is 1. The Morgan fingerprint density at radius 3 is 2.82 bits per heavy atom. The zero-order chi connectivity index (χ0) is 12.8. The summed E-state index contributed by atoms with van der Waals surface area (Å²) in [6.45, 7) is 4.37. The molecular formula is C12H17FN2O2. The third-order valence-electron chi connectivity index (χ3n) is 2.07. The summed E-state index contributed by atoms with van der Waals surface area (Å²) < 4.78 is 17.9. The van der Waals surface area contributed by atoms with E-state index in [0.29, 0.717) is 17.9 Å². The molecule has 0 unspecified atom stereocenters. The minimum Gasteiger partial charge on any atom is -0.449 e. The number of nitrogens with two attached hydrogens (primary N) is 1. The van der Waals surface area contributed by atoms with Crippen LogP contribution >= 0.6 is 0 Å². The lowest BCUT2D eigenvalue weighted by Gasteiger charge is -2.11. The molecule has 0 aromatic heterocycles. The molecule has 0 aliphatic carbocycles. The van der Waals surface area contributed by atoms with Crippen molar-refractivity contribution in [3.63, 3.8) is 0 Å². The first kappa shape index (κ1) is 13.4. The van der Waals surface area contributed by atoms with Crippen molar-refractivity contribution in [2.24, 2.45) is 11.7 Å². The number of benzene rings is 1. The van der Waals surface area contributed by atoms with Crippen LogP contribution in [0.4, 0.5) is 14.9 Å². The predicted molar refractivity (Wildman–Crippen MR) is 64.1 cm³/mol. The Labute approximate surface area is 100.0 Å². The number of amides is 1. The molecule has 1 aromatic carbocycles. The summed E-state index contributed by atoms with van der Waals surface area (Å²) in [5, 5.41) is 2.54. The molecule has 1 rings (SSSR count). The van der Waals surface area contributed by atoms with E-state index in [2.05, 4.69) is 5.32 Å². The van der Waals surface area contributed by atoms with Gasteiger partial charge in [0, 0.05) is 12.2 Å². The highest BCUT2D eigenvalue weighted by molar-refractivity contribution is 5.85. The van der Waals surface area contributed by atoms with Crippen LogP contribution in [0.5, 0.6) is 0 Å². The van der Waals surface area contributed by atoms with Crippen LogP contribution in [0.25, 0.3) is 0 Å². The van der Waals surface area contributed by atoms with Gasteiger partial charge in [-0.2, -0.15) is 0 Å². The number of hydrogen-bond acceptors (Lipinski definition) is 3. The summed E-state index contributed by atoms with van der Waals surface area (Å²) in [7, 11) is 0. The molecule has 17 heavy (non-hydrogen) atoms. The first-order valence-electron chi connectivity index (χ1n) is 5.45. The fourth-order valence-electron chi connectivity index (χ4n) is 1.24. The minimum atomic E-state index is -0.556. The molecule has 0 saturated heterocycles. The van der Waals surface area contributed by atoms with Crippen molar-refractivity contribution in [2.75, 3.05) is 11.9 Å². The maximum Gasteiger partial charge on any atom is 0.411 e. The average molecular weight is 240 g/mol. The van der Waals surface area contributed by atoms with E-state index in [1.807, 2.05) is 13.8 Å². The molecule has 5 heteroatoms. The van der Waals surface area contributed by atoms with Gasteiger partial charge in [0.05, 0.1) is 6.61 Å². The summed E-state index contributed by atoms with van der Waals surface area (Å²) >= 11 is 0. The van der Waals surface area contributed by atoms with Crippen molar-refractivity contribution in [1.29, 1.82) is 0 Å². The number of hydrogen-bond donors (Lipinski definition) is 2. The summed E-state index contributed by atoms with van der Waals surface area (Å²) in [4.78, 5) is 11.4. The van der Waals surface area contributed by atoms with E-state index >= 15 is 0 Å². The highest BCUT2D eigenvalue weighted by Gasteiger charge is 2.08. The molecule has 0 aliphatic heterocycles. The van der Waals surface area contributed by atoms with Gasteiger partial charge in [-0.1, -0.05) is 13.8 Å². The molecule has 0 atom stereocenters. The van der Waals surface area contributed by atoms with E-state index < -0.39 is 6.09 Å². The molecular weight excluding hydrogens is 223 g/mol. The molecule has 94 valence electrons. The Hall–Kier alpha value is -1.62. The lowest BCUT2D eigenvalue weighted by atomic mass is 10.2. The Bertz CT molecular complexity index is 394. The summed E-state index contributed by atoms with van der Waals surface area (Å²) in [6, 6.07) is 4.02. The zero-order valence-corrected chi connectivity index (χ0v) is 10.00. The van der Waals surface area contributed by atoms with Crippen molar-refractivity contribution in [3.05, 3.63) is 29.6 Å². The fourth-order valence-corrected chi connectivity index (χ4v) is 1.24. The first-order chi connectivity index (χ1) is 8.02. The van der Waals surface area contributed by atoms with Crippen molar-refractivity contribution < 1.29 is 13.9 Å². The van der Waals surface area contributed by atoms with Gasteiger partial charge in [-0.3, -0.25) is 5.32 Å². The van der Waals surface area contributed by atoms with Crippen LogP contribution < -0.4 is 11.1 Å². The Balaban J connectivity index is 2.64. The number of carbonyl (C=O) groups excluding carboxylic acids is 1. The van der Waals surface area contributed by atoms with Crippen LogP contribution in [0.1, 0.15) is 19.4 Å². The summed E-state index contributed by atoms with van der Waals surface area (Å²) in [5.41, 5.74) is 6.47.